The number of benzene rings is 2. The first-order valence-electron chi connectivity index (χ1n) is 6.94. The number of rotatable bonds is 6. The van der Waals surface area contributed by atoms with Gasteiger partial charge in [0.15, 0.2) is 0 Å². The van der Waals surface area contributed by atoms with Crippen molar-refractivity contribution in [1.29, 1.82) is 0 Å². The quantitative estimate of drug-likeness (QED) is 0.668. The Bertz CT molecular complexity index is 577. The minimum Gasteiger partial charge on any atom is -0.442 e. The lowest BCUT2D eigenvalue weighted by Gasteiger charge is -2.19. The zero-order chi connectivity index (χ0) is 13.7. The molecule has 2 aromatic rings. The van der Waals surface area contributed by atoms with Crippen LogP contribution in [-0.4, -0.2) is 12.3 Å². The summed E-state index contributed by atoms with van der Waals surface area (Å²) in [5.74, 6) is 0.753. The second-order valence-corrected chi connectivity index (χ2v) is 7.54. The van der Waals surface area contributed by atoms with Crippen LogP contribution in [-0.2, 0) is 4.57 Å². The first-order chi connectivity index (χ1) is 9.18. The van der Waals surface area contributed by atoms with Crippen molar-refractivity contribution in [2.75, 3.05) is 12.3 Å². The van der Waals surface area contributed by atoms with Gasteiger partial charge in [0.1, 0.15) is 5.75 Å². The van der Waals surface area contributed by atoms with Crippen LogP contribution in [0, 0.1) is 0 Å². The first kappa shape index (κ1) is 14.1. The van der Waals surface area contributed by atoms with Crippen molar-refractivity contribution in [2.45, 2.75) is 26.7 Å². The van der Waals surface area contributed by atoms with Gasteiger partial charge in [0, 0.05) is 17.7 Å². The van der Waals surface area contributed by atoms with Crippen LogP contribution in [0.3, 0.4) is 0 Å². The van der Waals surface area contributed by atoms with E-state index in [1.54, 1.807) is 0 Å². The zero-order valence-electron chi connectivity index (χ0n) is 11.6. The summed E-state index contributed by atoms with van der Waals surface area (Å²) in [7, 11) is -2.55. The largest absolute Gasteiger partial charge is 0.442 e. The van der Waals surface area contributed by atoms with Gasteiger partial charge in [0.25, 0.3) is 0 Å². The highest BCUT2D eigenvalue weighted by atomic mass is 31.2. The molecule has 102 valence electrons. The molecule has 0 saturated heterocycles. The van der Waals surface area contributed by atoms with Gasteiger partial charge < -0.3 is 4.52 Å². The maximum Gasteiger partial charge on any atom is 0.247 e. The molecule has 0 N–H and O–H groups in total. The molecule has 0 bridgehead atoms. The molecule has 0 saturated carbocycles. The second kappa shape index (κ2) is 6.25. The van der Waals surface area contributed by atoms with Crippen LogP contribution < -0.4 is 4.52 Å². The molecule has 0 spiro atoms. The van der Waals surface area contributed by atoms with Crippen LogP contribution in [0.4, 0.5) is 0 Å². The van der Waals surface area contributed by atoms with E-state index >= 15 is 0 Å². The Labute approximate surface area is 115 Å². The van der Waals surface area contributed by atoms with Gasteiger partial charge in [-0.15, -0.1) is 0 Å². The molecule has 2 rings (SSSR count). The van der Waals surface area contributed by atoms with Gasteiger partial charge in [-0.05, 0) is 24.3 Å². The van der Waals surface area contributed by atoms with E-state index in [2.05, 4.69) is 13.8 Å². The third kappa shape index (κ3) is 3.39. The van der Waals surface area contributed by atoms with Gasteiger partial charge in [-0.25, -0.2) is 0 Å². The predicted octanol–water partition coefficient (Wildman–Crippen LogP) is 5.32. The Kier molecular flexibility index (Phi) is 4.66. The fourth-order valence-corrected chi connectivity index (χ4v) is 4.63. The lowest BCUT2D eigenvalue weighted by molar-refractivity contribution is 0.481. The highest BCUT2D eigenvalue weighted by Gasteiger charge is 2.22. The molecule has 0 aliphatic rings. The van der Waals surface area contributed by atoms with Crippen LogP contribution in [0.5, 0.6) is 5.75 Å². The molecule has 0 amide bonds. The van der Waals surface area contributed by atoms with E-state index in [-0.39, 0.29) is 0 Å². The fraction of sp³-hybridized carbons (Fsp3) is 0.375. The van der Waals surface area contributed by atoms with Crippen molar-refractivity contribution in [3.8, 4) is 5.75 Å². The Morgan fingerprint density at radius 1 is 0.947 bits per heavy atom. The smallest absolute Gasteiger partial charge is 0.247 e. The van der Waals surface area contributed by atoms with E-state index in [0.717, 1.165) is 29.4 Å². The summed E-state index contributed by atoms with van der Waals surface area (Å²) in [5.41, 5.74) is 0. The van der Waals surface area contributed by atoms with Gasteiger partial charge in [-0.3, -0.25) is 4.57 Å². The molecule has 0 unspecified atom stereocenters. The average molecular weight is 276 g/mol. The van der Waals surface area contributed by atoms with Crippen LogP contribution in [0.2, 0.25) is 0 Å². The molecule has 2 nitrogen and oxygen atoms in total. The van der Waals surface area contributed by atoms with Crippen molar-refractivity contribution >= 4 is 18.1 Å². The average Bonchev–Trinajstić information content (AvgIpc) is 2.39. The van der Waals surface area contributed by atoms with Crippen molar-refractivity contribution in [1.82, 2.24) is 0 Å². The van der Waals surface area contributed by atoms with Crippen LogP contribution in [0.1, 0.15) is 26.7 Å². The topological polar surface area (TPSA) is 26.3 Å². The number of fused-ring (bicyclic) bond motifs is 1. The monoisotopic (exact) mass is 276 g/mol. The Hall–Kier alpha value is -1.27. The van der Waals surface area contributed by atoms with Crippen molar-refractivity contribution in [3.05, 3.63) is 42.5 Å². The molecule has 0 atom stereocenters. The van der Waals surface area contributed by atoms with Crippen molar-refractivity contribution in [3.63, 3.8) is 0 Å². The van der Waals surface area contributed by atoms with E-state index in [4.69, 9.17) is 4.52 Å². The SMILES string of the molecule is CCCP(=O)(CCC)Oc1cccc2ccccc12. The fourth-order valence-electron chi connectivity index (χ4n) is 2.34. The summed E-state index contributed by atoms with van der Waals surface area (Å²) in [5, 5.41) is 2.16. The third-order valence-corrected chi connectivity index (χ3v) is 5.93. The molecule has 2 aromatic carbocycles. The highest BCUT2D eigenvalue weighted by Crippen LogP contribution is 2.49. The lowest BCUT2D eigenvalue weighted by Crippen LogP contribution is -2.02. The molecule has 0 aliphatic heterocycles. The Morgan fingerprint density at radius 2 is 1.58 bits per heavy atom. The van der Waals surface area contributed by atoms with Crippen molar-refractivity contribution in [2.24, 2.45) is 0 Å². The van der Waals surface area contributed by atoms with E-state index in [0.29, 0.717) is 12.3 Å². The summed E-state index contributed by atoms with van der Waals surface area (Å²) in [4.78, 5) is 0. The van der Waals surface area contributed by atoms with Crippen LogP contribution >= 0.6 is 7.37 Å². The molecule has 0 radical (unpaired) electrons. The molecule has 0 fully saturated rings. The van der Waals surface area contributed by atoms with Gasteiger partial charge in [-0.1, -0.05) is 50.2 Å². The van der Waals surface area contributed by atoms with E-state index in [9.17, 15) is 4.57 Å². The third-order valence-electron chi connectivity index (χ3n) is 3.14. The van der Waals surface area contributed by atoms with Crippen LogP contribution in [0.15, 0.2) is 42.5 Å². The normalized spacial score (nSPS) is 11.7. The molecule has 0 aromatic heterocycles. The predicted molar refractivity (Wildman–Crippen MR) is 82.5 cm³/mol. The highest BCUT2D eigenvalue weighted by molar-refractivity contribution is 7.59. The lowest BCUT2D eigenvalue weighted by atomic mass is 10.1. The van der Waals surface area contributed by atoms with Gasteiger partial charge >= 0.3 is 0 Å². The maximum absolute atomic E-state index is 12.8. The molecule has 0 aliphatic carbocycles. The van der Waals surface area contributed by atoms with Crippen molar-refractivity contribution < 1.29 is 9.09 Å². The van der Waals surface area contributed by atoms with E-state index in [1.807, 2.05) is 42.5 Å². The molecular formula is C16H21O2P. The maximum atomic E-state index is 12.8. The molecule has 19 heavy (non-hydrogen) atoms. The minimum absolute atomic E-state index is 0.657. The van der Waals surface area contributed by atoms with Gasteiger partial charge in [0.2, 0.25) is 7.37 Å². The second-order valence-electron chi connectivity index (χ2n) is 4.83. The summed E-state index contributed by atoms with van der Waals surface area (Å²) in [6.07, 6.45) is 3.10. The Morgan fingerprint density at radius 3 is 2.26 bits per heavy atom. The van der Waals surface area contributed by atoms with E-state index < -0.39 is 7.37 Å². The standard InChI is InChI=1S/C16H21O2P/c1-3-12-19(17,13-4-2)18-16-11-7-9-14-8-5-6-10-15(14)16/h5-11H,3-4,12-13H2,1-2H3. The van der Waals surface area contributed by atoms with Gasteiger partial charge in [0.05, 0.1) is 0 Å². The molecular weight excluding hydrogens is 255 g/mol. The Balaban J connectivity index is 2.36. The summed E-state index contributed by atoms with van der Waals surface area (Å²) < 4.78 is 18.8. The minimum atomic E-state index is -2.55. The number of hydrogen-bond acceptors (Lipinski definition) is 2. The molecule has 3 heteroatoms. The van der Waals surface area contributed by atoms with E-state index in [1.165, 1.54) is 0 Å². The summed E-state index contributed by atoms with van der Waals surface area (Å²) in [6, 6.07) is 14.0. The summed E-state index contributed by atoms with van der Waals surface area (Å²) >= 11 is 0. The van der Waals surface area contributed by atoms with Crippen LogP contribution in [0.25, 0.3) is 10.8 Å². The zero-order valence-corrected chi connectivity index (χ0v) is 12.5. The van der Waals surface area contributed by atoms with Gasteiger partial charge in [-0.2, -0.15) is 0 Å². The number of hydrogen-bond donors (Lipinski definition) is 0. The molecule has 0 heterocycles. The first-order valence-corrected chi connectivity index (χ1v) is 8.93. The summed E-state index contributed by atoms with van der Waals surface area (Å²) in [6.45, 7) is 4.10.